The summed E-state index contributed by atoms with van der Waals surface area (Å²) in [7, 11) is -3.90. The Balaban J connectivity index is 1.66. The van der Waals surface area contributed by atoms with E-state index in [1.165, 1.54) is 36.4 Å². The Morgan fingerprint density at radius 1 is 0.900 bits per heavy atom. The maximum Gasteiger partial charge on any atom is 0.264 e. The van der Waals surface area contributed by atoms with Gasteiger partial charge >= 0.3 is 0 Å². The molecule has 152 valence electrons. The molecule has 0 atom stereocenters. The highest BCUT2D eigenvalue weighted by atomic mass is 32.2. The summed E-state index contributed by atoms with van der Waals surface area (Å²) in [6.45, 7) is -0.00866. The molecule has 0 unspecified atom stereocenters. The first-order valence-corrected chi connectivity index (χ1v) is 10.5. The van der Waals surface area contributed by atoms with Gasteiger partial charge in [-0.3, -0.25) is 0 Å². The lowest BCUT2D eigenvalue weighted by molar-refractivity contribution is 0.265. The Hall–Kier alpha value is -3.65. The van der Waals surface area contributed by atoms with Crippen LogP contribution in [-0.2, 0) is 16.6 Å². The molecule has 30 heavy (non-hydrogen) atoms. The van der Waals surface area contributed by atoms with Crippen molar-refractivity contribution in [1.29, 1.82) is 0 Å². The summed E-state index contributed by atoms with van der Waals surface area (Å²) in [4.78, 5) is 4.44. The van der Waals surface area contributed by atoms with E-state index in [1.54, 1.807) is 30.3 Å². The molecule has 0 amide bonds. The summed E-state index contributed by atoms with van der Waals surface area (Å²) in [6, 6.07) is 22.5. The summed E-state index contributed by atoms with van der Waals surface area (Å²) in [5.41, 5.74) is 0.734. The number of sulfonamides is 1. The fourth-order valence-corrected chi connectivity index (χ4v) is 3.76. The molecule has 0 aliphatic heterocycles. The number of aromatic nitrogens is 1. The summed E-state index contributed by atoms with van der Waals surface area (Å²) >= 11 is 0. The monoisotopic (exact) mass is 424 g/mol. The van der Waals surface area contributed by atoms with Gasteiger partial charge in [0.05, 0.1) is 4.90 Å². The Bertz CT molecular complexity index is 1230. The number of rotatable bonds is 7. The van der Waals surface area contributed by atoms with Gasteiger partial charge in [0.15, 0.2) is 6.61 Å². The second-order valence-electron chi connectivity index (χ2n) is 6.31. The molecule has 4 rings (SSSR count). The predicted molar refractivity (Wildman–Crippen MR) is 110 cm³/mol. The summed E-state index contributed by atoms with van der Waals surface area (Å²) in [6.07, 6.45) is 0. The van der Waals surface area contributed by atoms with Gasteiger partial charge in [-0.05, 0) is 48.5 Å². The van der Waals surface area contributed by atoms with Crippen molar-refractivity contribution >= 4 is 15.9 Å². The van der Waals surface area contributed by atoms with E-state index >= 15 is 0 Å². The maximum absolute atomic E-state index is 13.3. The van der Waals surface area contributed by atoms with E-state index in [-0.39, 0.29) is 29.0 Å². The number of hydrogen-bond donors (Lipinski definition) is 1. The van der Waals surface area contributed by atoms with E-state index in [0.717, 1.165) is 0 Å². The molecule has 0 spiro atoms. The molecule has 6 nitrogen and oxygen atoms in total. The lowest BCUT2D eigenvalue weighted by Gasteiger charge is -2.07. The number of halogens is 1. The maximum atomic E-state index is 13.3. The molecule has 0 aliphatic carbocycles. The molecule has 0 saturated carbocycles. The fraction of sp³-hybridized carbons (Fsp3) is 0.0455. The largest absolute Gasteiger partial charge is 0.484 e. The molecule has 1 aromatic heterocycles. The van der Waals surface area contributed by atoms with E-state index in [1.807, 2.05) is 18.2 Å². The van der Waals surface area contributed by atoms with Crippen LogP contribution in [0.4, 0.5) is 10.3 Å². The number of para-hydroxylation sites is 1. The lowest BCUT2D eigenvalue weighted by atomic mass is 10.1. The molecule has 1 N–H and O–H groups in total. The Morgan fingerprint density at radius 2 is 1.53 bits per heavy atom. The van der Waals surface area contributed by atoms with Crippen molar-refractivity contribution in [3.05, 3.63) is 96.6 Å². The molecule has 0 radical (unpaired) electrons. The molecule has 4 aromatic rings. The van der Waals surface area contributed by atoms with Crippen molar-refractivity contribution in [3.8, 4) is 17.0 Å². The number of benzene rings is 3. The quantitative estimate of drug-likeness (QED) is 0.458. The average molecular weight is 424 g/mol. The zero-order valence-electron chi connectivity index (χ0n) is 15.7. The first-order valence-electron chi connectivity index (χ1n) is 9.03. The minimum atomic E-state index is -3.90. The van der Waals surface area contributed by atoms with Crippen LogP contribution in [0.3, 0.4) is 0 Å². The highest BCUT2D eigenvalue weighted by molar-refractivity contribution is 7.92. The molecular weight excluding hydrogens is 407 g/mol. The predicted octanol–water partition coefficient (Wildman–Crippen LogP) is 4.86. The topological polar surface area (TPSA) is 81.4 Å². The van der Waals surface area contributed by atoms with Crippen molar-refractivity contribution in [1.82, 2.24) is 4.98 Å². The second kappa shape index (κ2) is 8.38. The number of nitrogens with one attached hydrogen (secondary N) is 1. The number of ether oxygens (including phenoxy) is 1. The minimum Gasteiger partial charge on any atom is -0.484 e. The van der Waals surface area contributed by atoms with Crippen molar-refractivity contribution in [2.24, 2.45) is 0 Å². The first-order chi connectivity index (χ1) is 14.5. The number of hydrogen-bond acceptors (Lipinski definition) is 5. The number of anilines is 1. The van der Waals surface area contributed by atoms with E-state index < -0.39 is 15.8 Å². The first kappa shape index (κ1) is 19.7. The third-order valence-corrected chi connectivity index (χ3v) is 5.52. The highest BCUT2D eigenvalue weighted by Gasteiger charge is 2.22. The molecule has 0 aliphatic rings. The number of nitrogens with zero attached hydrogens (tertiary/aromatic N) is 1. The summed E-state index contributed by atoms with van der Waals surface area (Å²) in [5, 5.41) is 0. The Morgan fingerprint density at radius 3 is 2.20 bits per heavy atom. The molecule has 8 heteroatoms. The van der Waals surface area contributed by atoms with Crippen molar-refractivity contribution in [3.63, 3.8) is 0 Å². The highest BCUT2D eigenvalue weighted by Crippen LogP contribution is 2.31. The van der Waals surface area contributed by atoms with Gasteiger partial charge in [0.1, 0.15) is 17.3 Å². The van der Waals surface area contributed by atoms with Crippen LogP contribution in [0.15, 0.2) is 94.2 Å². The molecular formula is C22H17FN2O4S. The van der Waals surface area contributed by atoms with Gasteiger partial charge in [-0.2, -0.15) is 0 Å². The van der Waals surface area contributed by atoms with Gasteiger partial charge in [0.25, 0.3) is 10.0 Å². The Kier molecular flexibility index (Phi) is 5.49. The van der Waals surface area contributed by atoms with Crippen molar-refractivity contribution in [2.75, 3.05) is 4.72 Å². The van der Waals surface area contributed by atoms with Crippen LogP contribution in [0.25, 0.3) is 11.3 Å². The Labute approximate surface area is 173 Å². The van der Waals surface area contributed by atoms with Crippen LogP contribution >= 0.6 is 0 Å². The fourth-order valence-electron chi connectivity index (χ4n) is 2.74. The summed E-state index contributed by atoms with van der Waals surface area (Å²) in [5.74, 6) is 0.299. The van der Waals surface area contributed by atoms with Gasteiger partial charge in [-0.1, -0.05) is 36.4 Å². The van der Waals surface area contributed by atoms with E-state index in [2.05, 4.69) is 9.71 Å². The van der Waals surface area contributed by atoms with Crippen LogP contribution in [0.1, 0.15) is 5.89 Å². The zero-order valence-corrected chi connectivity index (χ0v) is 16.5. The third kappa shape index (κ3) is 4.49. The van der Waals surface area contributed by atoms with E-state index in [9.17, 15) is 12.8 Å². The van der Waals surface area contributed by atoms with Crippen LogP contribution in [0.2, 0.25) is 0 Å². The smallest absolute Gasteiger partial charge is 0.264 e. The molecule has 0 fully saturated rings. The van der Waals surface area contributed by atoms with Gasteiger partial charge in [0.2, 0.25) is 11.8 Å². The van der Waals surface area contributed by atoms with Gasteiger partial charge < -0.3 is 9.15 Å². The van der Waals surface area contributed by atoms with Crippen LogP contribution in [0.5, 0.6) is 5.75 Å². The molecule has 3 aromatic carbocycles. The molecule has 0 bridgehead atoms. The van der Waals surface area contributed by atoms with Crippen LogP contribution in [0, 0.1) is 5.82 Å². The van der Waals surface area contributed by atoms with E-state index in [4.69, 9.17) is 9.15 Å². The molecule has 1 heterocycles. The second-order valence-corrected chi connectivity index (χ2v) is 7.99. The summed E-state index contributed by atoms with van der Waals surface area (Å²) < 4.78 is 52.5. The van der Waals surface area contributed by atoms with Crippen molar-refractivity contribution < 1.29 is 22.0 Å². The molecule has 0 saturated heterocycles. The standard InChI is InChI=1S/C22H17FN2O4S/c23-17-13-11-16(12-14-17)21-22(25-30(26,27)19-9-5-2-6-10-19)29-20(24-21)15-28-18-7-3-1-4-8-18/h1-14,25H,15H2. The van der Waals surface area contributed by atoms with Gasteiger partial charge in [-0.25, -0.2) is 22.5 Å². The third-order valence-electron chi connectivity index (χ3n) is 4.18. The number of oxazole rings is 1. The van der Waals surface area contributed by atoms with Gasteiger partial charge in [0, 0.05) is 5.56 Å². The van der Waals surface area contributed by atoms with E-state index in [0.29, 0.717) is 11.3 Å². The minimum absolute atomic E-state index is 0.00866. The van der Waals surface area contributed by atoms with Crippen LogP contribution < -0.4 is 9.46 Å². The normalized spacial score (nSPS) is 11.2. The lowest BCUT2D eigenvalue weighted by Crippen LogP contribution is -2.12. The average Bonchev–Trinajstić information content (AvgIpc) is 3.16. The zero-order chi connectivity index (χ0) is 21.0. The van der Waals surface area contributed by atoms with Crippen molar-refractivity contribution in [2.45, 2.75) is 11.5 Å². The SMILES string of the molecule is O=S(=O)(Nc1oc(COc2ccccc2)nc1-c1ccc(F)cc1)c1ccccc1. The van der Waals surface area contributed by atoms with Crippen LogP contribution in [-0.4, -0.2) is 13.4 Å². The van der Waals surface area contributed by atoms with Gasteiger partial charge in [-0.15, -0.1) is 0 Å².